The molecule has 1 atom stereocenters. The van der Waals surface area contributed by atoms with Gasteiger partial charge in [0, 0.05) is 17.5 Å². The van der Waals surface area contributed by atoms with E-state index in [2.05, 4.69) is 17.4 Å². The first-order chi connectivity index (χ1) is 12.9. The molecule has 2 rings (SSSR count). The third-order valence-corrected chi connectivity index (χ3v) is 5.06. The summed E-state index contributed by atoms with van der Waals surface area (Å²) < 4.78 is 5.41. The molecule has 0 radical (unpaired) electrons. The first-order valence-electron chi connectivity index (χ1n) is 9.16. The molecule has 0 aliphatic rings. The third kappa shape index (κ3) is 8.06. The lowest BCUT2D eigenvalue weighted by Crippen LogP contribution is -2.41. The van der Waals surface area contributed by atoms with Crippen molar-refractivity contribution < 1.29 is 14.6 Å². The molecule has 0 bridgehead atoms. The summed E-state index contributed by atoms with van der Waals surface area (Å²) in [5.41, 5.74) is 2.73. The predicted molar refractivity (Wildman–Crippen MR) is 112 cm³/mol. The molecule has 27 heavy (non-hydrogen) atoms. The van der Waals surface area contributed by atoms with Crippen molar-refractivity contribution >= 4 is 17.9 Å². The number of hydrogen-bond acceptors (Lipinski definition) is 4. The molecule has 0 aliphatic heterocycles. The SMILES string of the molecule is CC(C)(C)OC(=O)NC(CSCc1ccccc1CO)Cc1ccccc1. The van der Waals surface area contributed by atoms with Crippen LogP contribution in [0.1, 0.15) is 37.5 Å². The number of thioether (sulfide) groups is 1. The highest BCUT2D eigenvalue weighted by Gasteiger charge is 2.20. The van der Waals surface area contributed by atoms with E-state index in [1.165, 1.54) is 5.56 Å². The predicted octanol–water partition coefficient (Wildman–Crippen LogP) is 4.55. The molecule has 0 saturated carbocycles. The van der Waals surface area contributed by atoms with E-state index < -0.39 is 5.60 Å². The second-order valence-electron chi connectivity index (χ2n) is 7.47. The fraction of sp³-hybridized carbons (Fsp3) is 0.409. The topological polar surface area (TPSA) is 58.6 Å². The van der Waals surface area contributed by atoms with Gasteiger partial charge >= 0.3 is 6.09 Å². The molecular formula is C22H29NO3S. The first-order valence-corrected chi connectivity index (χ1v) is 10.3. The minimum absolute atomic E-state index is 0.0338. The first kappa shape index (κ1) is 21.3. The van der Waals surface area contributed by atoms with Gasteiger partial charge < -0.3 is 15.2 Å². The number of hydrogen-bond donors (Lipinski definition) is 2. The zero-order chi connectivity index (χ0) is 19.7. The summed E-state index contributed by atoms with van der Waals surface area (Å²) in [6.07, 6.45) is 0.356. The number of amides is 1. The van der Waals surface area contributed by atoms with Crippen LogP contribution < -0.4 is 5.32 Å². The molecular weight excluding hydrogens is 358 g/mol. The average Bonchev–Trinajstić information content (AvgIpc) is 2.61. The summed E-state index contributed by atoms with van der Waals surface area (Å²) in [5.74, 6) is 1.55. The van der Waals surface area contributed by atoms with Crippen molar-refractivity contribution in [1.29, 1.82) is 0 Å². The fourth-order valence-electron chi connectivity index (χ4n) is 2.69. The Morgan fingerprint density at radius 2 is 1.70 bits per heavy atom. The number of alkyl carbamates (subject to hydrolysis) is 1. The number of ether oxygens (including phenoxy) is 1. The lowest BCUT2D eigenvalue weighted by molar-refractivity contribution is 0.0509. The van der Waals surface area contributed by atoms with E-state index in [0.717, 1.165) is 29.1 Å². The van der Waals surface area contributed by atoms with Crippen LogP contribution in [0.2, 0.25) is 0 Å². The molecule has 4 nitrogen and oxygen atoms in total. The van der Waals surface area contributed by atoms with E-state index in [4.69, 9.17) is 4.74 Å². The number of nitrogens with one attached hydrogen (secondary N) is 1. The van der Waals surface area contributed by atoms with Gasteiger partial charge in [0.05, 0.1) is 6.61 Å². The summed E-state index contributed by atoms with van der Waals surface area (Å²) in [4.78, 5) is 12.2. The average molecular weight is 388 g/mol. The summed E-state index contributed by atoms with van der Waals surface area (Å²) in [5, 5.41) is 12.5. The Hall–Kier alpha value is -1.98. The van der Waals surface area contributed by atoms with Gasteiger partial charge in [0.2, 0.25) is 0 Å². The standard InChI is InChI=1S/C22H29NO3S/c1-22(2,3)26-21(25)23-20(13-17-9-5-4-6-10-17)16-27-15-19-12-8-7-11-18(19)14-24/h4-12,20,24H,13-16H2,1-3H3,(H,23,25). The number of carbonyl (C=O) groups excluding carboxylic acids is 1. The van der Waals surface area contributed by atoms with Crippen molar-refractivity contribution in [3.63, 3.8) is 0 Å². The van der Waals surface area contributed by atoms with Crippen molar-refractivity contribution in [2.75, 3.05) is 5.75 Å². The van der Waals surface area contributed by atoms with Gasteiger partial charge in [-0.25, -0.2) is 4.79 Å². The van der Waals surface area contributed by atoms with E-state index in [1.807, 2.05) is 63.2 Å². The van der Waals surface area contributed by atoms with E-state index >= 15 is 0 Å². The van der Waals surface area contributed by atoms with Crippen LogP contribution in [-0.2, 0) is 23.5 Å². The molecule has 0 aromatic heterocycles. The normalized spacial score (nSPS) is 12.4. The molecule has 2 N–H and O–H groups in total. The summed E-state index contributed by atoms with van der Waals surface area (Å²) in [6.45, 7) is 5.62. The van der Waals surface area contributed by atoms with Crippen molar-refractivity contribution in [2.45, 2.75) is 51.2 Å². The zero-order valence-electron chi connectivity index (χ0n) is 16.3. The van der Waals surface area contributed by atoms with Crippen LogP contribution in [0.3, 0.4) is 0 Å². The molecule has 0 fully saturated rings. The minimum atomic E-state index is -0.519. The van der Waals surface area contributed by atoms with E-state index in [0.29, 0.717) is 0 Å². The van der Waals surface area contributed by atoms with Gasteiger partial charge in [-0.1, -0.05) is 54.6 Å². The van der Waals surface area contributed by atoms with Gasteiger partial charge in [0.25, 0.3) is 0 Å². The highest BCUT2D eigenvalue weighted by atomic mass is 32.2. The third-order valence-electron chi connectivity index (χ3n) is 3.91. The quantitative estimate of drug-likeness (QED) is 0.698. The Kier molecular flexibility index (Phi) is 8.20. The van der Waals surface area contributed by atoms with Gasteiger partial charge in [0.15, 0.2) is 0 Å². The number of benzene rings is 2. The molecule has 1 unspecified atom stereocenters. The Bertz CT molecular complexity index is 713. The van der Waals surface area contributed by atoms with Gasteiger partial charge in [-0.3, -0.25) is 0 Å². The lowest BCUT2D eigenvalue weighted by atomic mass is 10.1. The van der Waals surface area contributed by atoms with Gasteiger partial charge in [0.1, 0.15) is 5.60 Å². The largest absolute Gasteiger partial charge is 0.444 e. The van der Waals surface area contributed by atoms with Crippen molar-refractivity contribution in [3.8, 4) is 0 Å². The zero-order valence-corrected chi connectivity index (χ0v) is 17.1. The highest BCUT2D eigenvalue weighted by Crippen LogP contribution is 2.19. The summed E-state index contributed by atoms with van der Waals surface area (Å²) >= 11 is 1.74. The van der Waals surface area contributed by atoms with Crippen molar-refractivity contribution in [2.24, 2.45) is 0 Å². The molecule has 0 aliphatic carbocycles. The van der Waals surface area contributed by atoms with E-state index in [9.17, 15) is 9.90 Å². The maximum Gasteiger partial charge on any atom is 0.407 e. The molecule has 0 spiro atoms. The molecule has 2 aromatic carbocycles. The number of aliphatic hydroxyl groups excluding tert-OH is 1. The second-order valence-corrected chi connectivity index (χ2v) is 8.51. The summed E-state index contributed by atoms with van der Waals surface area (Å²) in [7, 11) is 0. The van der Waals surface area contributed by atoms with Crippen molar-refractivity contribution in [3.05, 3.63) is 71.3 Å². The molecule has 2 aromatic rings. The Morgan fingerprint density at radius 3 is 2.33 bits per heavy atom. The number of aliphatic hydroxyl groups is 1. The van der Waals surface area contributed by atoms with Crippen LogP contribution in [0.25, 0.3) is 0 Å². The Morgan fingerprint density at radius 1 is 1.07 bits per heavy atom. The van der Waals surface area contributed by atoms with E-state index in [1.54, 1.807) is 11.8 Å². The highest BCUT2D eigenvalue weighted by molar-refractivity contribution is 7.98. The van der Waals surface area contributed by atoms with E-state index in [-0.39, 0.29) is 18.7 Å². The van der Waals surface area contributed by atoms with Crippen LogP contribution in [0.15, 0.2) is 54.6 Å². The maximum absolute atomic E-state index is 12.2. The number of rotatable bonds is 8. The van der Waals surface area contributed by atoms with Crippen LogP contribution >= 0.6 is 11.8 Å². The van der Waals surface area contributed by atoms with Crippen LogP contribution in [0, 0.1) is 0 Å². The van der Waals surface area contributed by atoms with Crippen molar-refractivity contribution in [1.82, 2.24) is 5.32 Å². The molecule has 5 heteroatoms. The van der Waals surface area contributed by atoms with Crippen LogP contribution in [-0.4, -0.2) is 28.6 Å². The Balaban J connectivity index is 1.97. The molecule has 146 valence electrons. The minimum Gasteiger partial charge on any atom is -0.444 e. The monoisotopic (exact) mass is 387 g/mol. The van der Waals surface area contributed by atoms with Crippen LogP contribution in [0.4, 0.5) is 4.79 Å². The molecule has 0 saturated heterocycles. The van der Waals surface area contributed by atoms with Gasteiger partial charge in [-0.2, -0.15) is 11.8 Å². The number of carbonyl (C=O) groups is 1. The fourth-order valence-corrected chi connectivity index (χ4v) is 3.79. The Labute approximate surface area is 166 Å². The molecule has 1 amide bonds. The smallest absolute Gasteiger partial charge is 0.407 e. The van der Waals surface area contributed by atoms with Gasteiger partial charge in [-0.15, -0.1) is 0 Å². The maximum atomic E-state index is 12.2. The van der Waals surface area contributed by atoms with Crippen LogP contribution in [0.5, 0.6) is 0 Å². The second kappa shape index (κ2) is 10.4. The summed E-state index contributed by atoms with van der Waals surface area (Å²) in [6, 6.07) is 18.0. The molecule has 0 heterocycles. The lowest BCUT2D eigenvalue weighted by Gasteiger charge is -2.24. The van der Waals surface area contributed by atoms with Gasteiger partial charge in [-0.05, 0) is 43.9 Å².